The summed E-state index contributed by atoms with van der Waals surface area (Å²) in [4.78, 5) is 10.7. The van der Waals surface area contributed by atoms with E-state index >= 15 is 0 Å². The first-order valence-corrected chi connectivity index (χ1v) is 19.2. The van der Waals surface area contributed by atoms with E-state index in [9.17, 15) is 0 Å². The molecule has 2 nitrogen and oxygen atoms in total. The average molecular weight is 711 g/mol. The minimum atomic E-state index is 0.693. The van der Waals surface area contributed by atoms with Gasteiger partial charge in [-0.05, 0) is 88.2 Å². The van der Waals surface area contributed by atoms with Crippen LogP contribution in [0.4, 0.5) is 0 Å². The molecule has 0 saturated heterocycles. The number of hydrogen-bond donors (Lipinski definition) is 0. The molecule has 11 aromatic rings. The van der Waals surface area contributed by atoms with Gasteiger partial charge in [-0.25, -0.2) is 9.97 Å². The van der Waals surface area contributed by atoms with Crippen molar-refractivity contribution >= 4 is 53.9 Å². The lowest BCUT2D eigenvalue weighted by molar-refractivity contribution is 1.19. The molecule has 2 heteroatoms. The summed E-state index contributed by atoms with van der Waals surface area (Å²) >= 11 is 0. The molecule has 0 radical (unpaired) electrons. The van der Waals surface area contributed by atoms with E-state index < -0.39 is 0 Å². The second-order valence-corrected chi connectivity index (χ2v) is 14.5. The summed E-state index contributed by atoms with van der Waals surface area (Å²) in [5, 5.41) is 12.3. The molecular weight excluding hydrogens is 677 g/mol. The summed E-state index contributed by atoms with van der Waals surface area (Å²) < 4.78 is 0. The Morgan fingerprint density at radius 3 is 1.62 bits per heavy atom. The lowest BCUT2D eigenvalue weighted by atomic mass is 9.89. The van der Waals surface area contributed by atoms with E-state index in [1.165, 1.54) is 59.4 Å². The summed E-state index contributed by atoms with van der Waals surface area (Å²) in [5.41, 5.74) is 9.60. The van der Waals surface area contributed by atoms with Crippen LogP contribution in [0.1, 0.15) is 0 Å². The molecule has 0 fully saturated rings. The van der Waals surface area contributed by atoms with E-state index in [0.29, 0.717) is 5.82 Å². The van der Waals surface area contributed by atoms with Crippen molar-refractivity contribution in [3.63, 3.8) is 0 Å². The highest BCUT2D eigenvalue weighted by atomic mass is 14.9. The van der Waals surface area contributed by atoms with Crippen molar-refractivity contribution in [2.24, 2.45) is 0 Å². The Hall–Kier alpha value is -7.42. The van der Waals surface area contributed by atoms with E-state index in [0.717, 1.165) is 44.8 Å². The smallest absolute Gasteiger partial charge is 0.160 e. The van der Waals surface area contributed by atoms with Crippen molar-refractivity contribution in [1.82, 2.24) is 9.97 Å². The number of hydrogen-bond acceptors (Lipinski definition) is 2. The van der Waals surface area contributed by atoms with Gasteiger partial charge in [-0.3, -0.25) is 0 Å². The minimum Gasteiger partial charge on any atom is -0.228 e. The van der Waals surface area contributed by atoms with Crippen molar-refractivity contribution in [2.75, 3.05) is 0 Å². The summed E-state index contributed by atoms with van der Waals surface area (Å²) in [6.07, 6.45) is 0. The molecule has 56 heavy (non-hydrogen) atoms. The van der Waals surface area contributed by atoms with Crippen LogP contribution in [0.5, 0.6) is 0 Å². The Kier molecular flexibility index (Phi) is 7.53. The van der Waals surface area contributed by atoms with Gasteiger partial charge in [0.1, 0.15) is 0 Å². The lowest BCUT2D eigenvalue weighted by Gasteiger charge is -2.16. The predicted octanol–water partition coefficient (Wildman–Crippen LogP) is 14.6. The number of aromatic nitrogens is 2. The van der Waals surface area contributed by atoms with Gasteiger partial charge in [0.2, 0.25) is 0 Å². The zero-order chi connectivity index (χ0) is 37.0. The highest BCUT2D eigenvalue weighted by Crippen LogP contribution is 2.41. The second kappa shape index (κ2) is 13.2. The van der Waals surface area contributed by atoms with E-state index in [1.807, 2.05) is 0 Å². The van der Waals surface area contributed by atoms with Gasteiger partial charge in [-0.2, -0.15) is 0 Å². The molecule has 0 aliphatic heterocycles. The molecule has 0 amide bonds. The monoisotopic (exact) mass is 710 g/mol. The van der Waals surface area contributed by atoms with Crippen LogP contribution in [0.3, 0.4) is 0 Å². The Morgan fingerprint density at radius 1 is 0.268 bits per heavy atom. The Balaban J connectivity index is 1.13. The molecular formula is C54H34N2. The molecule has 1 heterocycles. The molecule has 10 aromatic carbocycles. The molecule has 0 atom stereocenters. The van der Waals surface area contributed by atoms with Gasteiger partial charge >= 0.3 is 0 Å². The zero-order valence-corrected chi connectivity index (χ0v) is 30.5. The maximum Gasteiger partial charge on any atom is 0.160 e. The Morgan fingerprint density at radius 2 is 0.821 bits per heavy atom. The first kappa shape index (κ1) is 32.0. The maximum absolute atomic E-state index is 5.38. The summed E-state index contributed by atoms with van der Waals surface area (Å²) in [6, 6.07) is 74.0. The van der Waals surface area contributed by atoms with Crippen molar-refractivity contribution in [3.05, 3.63) is 206 Å². The fourth-order valence-electron chi connectivity index (χ4n) is 8.62. The van der Waals surface area contributed by atoms with E-state index in [2.05, 4.69) is 206 Å². The molecule has 1 aromatic heterocycles. The SMILES string of the molecule is c1ccc(-c2ccccc2-c2cc(-c3cccc4ccc5ccccc5c34)nc(-c3ccc(-c4c5ccccc5cc5c4ccc4ccccc45)cc3)n2)cc1. The summed E-state index contributed by atoms with van der Waals surface area (Å²) in [5.74, 6) is 0.693. The van der Waals surface area contributed by atoms with Crippen LogP contribution in [-0.2, 0) is 0 Å². The van der Waals surface area contributed by atoms with E-state index in [4.69, 9.17) is 9.97 Å². The lowest BCUT2D eigenvalue weighted by Crippen LogP contribution is -1.98. The quantitative estimate of drug-likeness (QED) is 0.131. The fourth-order valence-corrected chi connectivity index (χ4v) is 8.62. The van der Waals surface area contributed by atoms with Gasteiger partial charge < -0.3 is 0 Å². The van der Waals surface area contributed by atoms with E-state index in [-0.39, 0.29) is 0 Å². The van der Waals surface area contributed by atoms with Crippen molar-refractivity contribution in [1.29, 1.82) is 0 Å². The molecule has 0 saturated carbocycles. The van der Waals surface area contributed by atoms with Crippen molar-refractivity contribution < 1.29 is 0 Å². The number of rotatable bonds is 5. The van der Waals surface area contributed by atoms with Crippen LogP contribution in [0.15, 0.2) is 206 Å². The van der Waals surface area contributed by atoms with Gasteiger partial charge in [0.05, 0.1) is 11.4 Å². The molecule has 11 rings (SSSR count). The van der Waals surface area contributed by atoms with Gasteiger partial charge in [0, 0.05) is 16.7 Å². The topological polar surface area (TPSA) is 25.8 Å². The largest absolute Gasteiger partial charge is 0.228 e. The van der Waals surface area contributed by atoms with E-state index in [1.54, 1.807) is 0 Å². The zero-order valence-electron chi connectivity index (χ0n) is 30.5. The molecule has 0 spiro atoms. The number of fused-ring (bicyclic) bond motifs is 7. The molecule has 0 bridgehead atoms. The maximum atomic E-state index is 5.38. The Labute approximate surface area is 325 Å². The normalized spacial score (nSPS) is 11.6. The third-order valence-electron chi connectivity index (χ3n) is 11.3. The third-order valence-corrected chi connectivity index (χ3v) is 11.3. The van der Waals surface area contributed by atoms with Crippen LogP contribution in [-0.4, -0.2) is 9.97 Å². The predicted molar refractivity (Wildman–Crippen MR) is 237 cm³/mol. The van der Waals surface area contributed by atoms with Crippen LogP contribution in [0, 0.1) is 0 Å². The molecule has 0 unspecified atom stereocenters. The average Bonchev–Trinajstić information content (AvgIpc) is 3.28. The van der Waals surface area contributed by atoms with Crippen LogP contribution in [0.25, 0.3) is 110 Å². The van der Waals surface area contributed by atoms with Gasteiger partial charge in [0.15, 0.2) is 5.82 Å². The highest BCUT2D eigenvalue weighted by molar-refractivity contribution is 6.20. The Bertz CT molecular complexity index is 3290. The first-order chi connectivity index (χ1) is 27.8. The number of benzene rings is 10. The standard InChI is InChI=1S/C54H34N2/c1-2-13-35(14-3-1)42-19-10-11-23-46(42)50-34-51(48-24-12-18-38-26-25-37-16-5-8-21-44(37)53(38)48)56-54(55-50)40-29-27-39(28-30-40)52-45-22-9-6-17-41(45)33-49-43-20-7-4-15-36(43)31-32-47(49)52/h1-34H. The van der Waals surface area contributed by atoms with Crippen molar-refractivity contribution in [3.8, 4) is 56.2 Å². The first-order valence-electron chi connectivity index (χ1n) is 19.2. The highest BCUT2D eigenvalue weighted by Gasteiger charge is 2.18. The molecule has 260 valence electrons. The van der Waals surface area contributed by atoms with Crippen LogP contribution in [0.2, 0.25) is 0 Å². The van der Waals surface area contributed by atoms with Crippen LogP contribution < -0.4 is 0 Å². The summed E-state index contributed by atoms with van der Waals surface area (Å²) in [6.45, 7) is 0. The van der Waals surface area contributed by atoms with Crippen molar-refractivity contribution in [2.45, 2.75) is 0 Å². The summed E-state index contributed by atoms with van der Waals surface area (Å²) in [7, 11) is 0. The van der Waals surface area contributed by atoms with Crippen LogP contribution >= 0.6 is 0 Å². The molecule has 0 aliphatic carbocycles. The minimum absolute atomic E-state index is 0.693. The number of nitrogens with zero attached hydrogens (tertiary/aromatic N) is 2. The third kappa shape index (κ3) is 5.34. The molecule has 0 N–H and O–H groups in total. The second-order valence-electron chi connectivity index (χ2n) is 14.5. The van der Waals surface area contributed by atoms with Gasteiger partial charge in [-0.1, -0.05) is 194 Å². The fraction of sp³-hybridized carbons (Fsp3) is 0. The van der Waals surface area contributed by atoms with Gasteiger partial charge in [0.25, 0.3) is 0 Å². The molecule has 0 aliphatic rings. The van der Waals surface area contributed by atoms with Gasteiger partial charge in [-0.15, -0.1) is 0 Å².